The van der Waals surface area contributed by atoms with Crippen molar-refractivity contribution in [3.8, 4) is 0 Å². The Morgan fingerprint density at radius 2 is 0.750 bits per heavy atom. The maximum Gasteiger partial charge on any atom is 0.146 e. The van der Waals surface area contributed by atoms with Gasteiger partial charge in [-0.2, -0.15) is 0 Å². The molecule has 0 fully saturated rings. The first-order valence-electron chi connectivity index (χ1n) is 13.0. The smallest absolute Gasteiger partial charge is 0.0950 e. The summed E-state index contributed by atoms with van der Waals surface area (Å²) < 4.78 is 0. The van der Waals surface area contributed by atoms with Crippen LogP contribution >= 0.6 is 0 Å². The van der Waals surface area contributed by atoms with Gasteiger partial charge in [0.05, 0.1) is 0 Å². The fourth-order valence-electron chi connectivity index (χ4n) is 4.93. The van der Waals surface area contributed by atoms with Gasteiger partial charge in [-0.05, 0) is 20.8 Å². The van der Waals surface area contributed by atoms with Crippen molar-refractivity contribution in [2.45, 2.75) is 47.0 Å². The second kappa shape index (κ2) is 10.7. The van der Waals surface area contributed by atoms with Gasteiger partial charge in [-0.3, -0.25) is 0 Å². The monoisotopic (exact) mass is 519 g/mol. The van der Waals surface area contributed by atoms with Crippen LogP contribution in [0.2, 0.25) is 26.2 Å². The maximum atomic E-state index is 2.46. The molecular formula is C33H39Si3. The SMILES string of the molecule is CC=C[Si](c1ccc([Si](C)(C)c2ccc(C)cc2)cc1)c1ccc([Si](C)(C)c2ccc(C)cc2)cc1. The van der Waals surface area contributed by atoms with Gasteiger partial charge in [-0.15, -0.1) is 0 Å². The number of aryl methyl sites for hydroxylation is 2. The van der Waals surface area contributed by atoms with Crippen LogP contribution in [-0.2, 0) is 0 Å². The van der Waals surface area contributed by atoms with Crippen molar-refractivity contribution in [2.24, 2.45) is 0 Å². The van der Waals surface area contributed by atoms with E-state index in [-0.39, 0.29) is 0 Å². The number of allylic oxidation sites excluding steroid dienone is 1. The second-order valence-corrected chi connectivity index (χ2v) is 22.2. The van der Waals surface area contributed by atoms with E-state index >= 15 is 0 Å². The van der Waals surface area contributed by atoms with E-state index in [1.165, 1.54) is 42.2 Å². The Kier molecular flexibility index (Phi) is 7.84. The molecule has 4 aromatic carbocycles. The van der Waals surface area contributed by atoms with E-state index in [9.17, 15) is 0 Å². The van der Waals surface area contributed by atoms with Crippen molar-refractivity contribution in [3.05, 3.63) is 120 Å². The Hall–Kier alpha value is -2.73. The highest BCUT2D eigenvalue weighted by atomic mass is 28.3. The topological polar surface area (TPSA) is 0 Å². The molecule has 0 bridgehead atoms. The quantitative estimate of drug-likeness (QED) is 0.311. The first kappa shape index (κ1) is 26.3. The van der Waals surface area contributed by atoms with Crippen LogP contribution in [0.4, 0.5) is 0 Å². The highest BCUT2D eigenvalue weighted by Gasteiger charge is 2.28. The average Bonchev–Trinajstić information content (AvgIpc) is 2.88. The lowest BCUT2D eigenvalue weighted by molar-refractivity contribution is 1.48. The zero-order valence-electron chi connectivity index (χ0n) is 22.9. The second-order valence-electron chi connectivity index (χ2n) is 11.1. The molecule has 36 heavy (non-hydrogen) atoms. The van der Waals surface area contributed by atoms with Gasteiger partial charge >= 0.3 is 0 Å². The van der Waals surface area contributed by atoms with Crippen molar-refractivity contribution in [1.29, 1.82) is 0 Å². The number of hydrogen-bond donors (Lipinski definition) is 0. The molecule has 1 radical (unpaired) electrons. The molecule has 4 rings (SSSR count). The van der Waals surface area contributed by atoms with Crippen LogP contribution in [0.15, 0.2) is 109 Å². The Morgan fingerprint density at radius 3 is 1.03 bits per heavy atom. The van der Waals surface area contributed by atoms with Gasteiger partial charge in [0.1, 0.15) is 24.9 Å². The molecule has 0 aliphatic heterocycles. The molecule has 0 aliphatic carbocycles. The summed E-state index contributed by atoms with van der Waals surface area (Å²) in [6.07, 6.45) is 2.23. The molecule has 0 atom stereocenters. The van der Waals surface area contributed by atoms with Crippen molar-refractivity contribution >= 4 is 56.1 Å². The van der Waals surface area contributed by atoms with Gasteiger partial charge in [0, 0.05) is 0 Å². The molecular weight excluding hydrogens is 481 g/mol. The van der Waals surface area contributed by atoms with Gasteiger partial charge in [0.2, 0.25) is 0 Å². The minimum atomic E-state index is -1.70. The van der Waals surface area contributed by atoms with E-state index in [1.807, 2.05) is 0 Å². The zero-order chi connectivity index (χ0) is 25.9. The molecule has 0 aliphatic rings. The fourth-order valence-corrected chi connectivity index (χ4v) is 11.7. The fraction of sp³-hybridized carbons (Fsp3) is 0.212. The Bertz CT molecular complexity index is 1210. The molecule has 0 nitrogen and oxygen atoms in total. The Balaban J connectivity index is 1.60. The third-order valence-electron chi connectivity index (χ3n) is 7.72. The molecule has 0 aromatic heterocycles. The lowest BCUT2D eigenvalue weighted by Gasteiger charge is -2.25. The number of rotatable bonds is 7. The minimum Gasteiger partial charge on any atom is -0.0950 e. The van der Waals surface area contributed by atoms with E-state index in [1.54, 1.807) is 0 Å². The van der Waals surface area contributed by atoms with Crippen molar-refractivity contribution in [1.82, 2.24) is 0 Å². The van der Waals surface area contributed by atoms with Crippen LogP contribution in [-0.4, -0.2) is 24.9 Å². The molecule has 0 saturated heterocycles. The summed E-state index contributed by atoms with van der Waals surface area (Å²) in [5.41, 5.74) is 5.08. The first-order valence-corrected chi connectivity index (χ1v) is 20.6. The van der Waals surface area contributed by atoms with Gasteiger partial charge in [-0.25, -0.2) is 0 Å². The number of hydrogen-bond acceptors (Lipinski definition) is 0. The summed E-state index contributed by atoms with van der Waals surface area (Å²) in [6, 6.07) is 37.5. The van der Waals surface area contributed by atoms with E-state index in [2.05, 4.69) is 156 Å². The average molecular weight is 520 g/mol. The molecule has 0 saturated carbocycles. The van der Waals surface area contributed by atoms with Crippen LogP contribution in [0.5, 0.6) is 0 Å². The predicted molar refractivity (Wildman–Crippen MR) is 169 cm³/mol. The molecule has 0 heterocycles. The van der Waals surface area contributed by atoms with Crippen molar-refractivity contribution in [2.75, 3.05) is 0 Å². The summed E-state index contributed by atoms with van der Waals surface area (Å²) in [4.78, 5) is 0. The highest BCUT2D eigenvalue weighted by Crippen LogP contribution is 2.08. The van der Waals surface area contributed by atoms with Crippen LogP contribution < -0.4 is 31.1 Å². The lowest BCUT2D eigenvalue weighted by atomic mass is 10.2. The van der Waals surface area contributed by atoms with Gasteiger partial charge in [0.25, 0.3) is 0 Å². The summed E-state index contributed by atoms with van der Waals surface area (Å²) in [6.45, 7) is 16.3. The normalized spacial score (nSPS) is 12.4. The van der Waals surface area contributed by atoms with Crippen molar-refractivity contribution < 1.29 is 0 Å². The van der Waals surface area contributed by atoms with Gasteiger partial charge < -0.3 is 0 Å². The standard InChI is InChI=1S/C33H39Si3/c1-8-25-34(28-13-21-32(22-14-28)35(4,5)30-17-9-26(2)10-18-30)29-15-23-33(24-16-29)36(6,7)31-19-11-27(3)12-20-31/h8-25H,1-7H3. The van der Waals surface area contributed by atoms with Crippen LogP contribution in [0.3, 0.4) is 0 Å². The molecule has 0 unspecified atom stereocenters. The molecule has 0 spiro atoms. The molecule has 0 amide bonds. The van der Waals surface area contributed by atoms with Gasteiger partial charge in [0.15, 0.2) is 0 Å². The summed E-state index contributed by atoms with van der Waals surface area (Å²) in [5, 5.41) is 8.90. The zero-order valence-corrected chi connectivity index (χ0v) is 25.9. The first-order chi connectivity index (χ1) is 17.1. The minimum absolute atomic E-state index is 0.962. The molecule has 3 heteroatoms. The van der Waals surface area contributed by atoms with Crippen LogP contribution in [0, 0.1) is 13.8 Å². The largest absolute Gasteiger partial charge is 0.146 e. The van der Waals surface area contributed by atoms with Crippen LogP contribution in [0.1, 0.15) is 18.1 Å². The molecule has 183 valence electrons. The Morgan fingerprint density at radius 1 is 0.472 bits per heavy atom. The maximum absolute atomic E-state index is 2.46. The van der Waals surface area contributed by atoms with E-state index < -0.39 is 24.9 Å². The number of benzene rings is 4. The highest BCUT2D eigenvalue weighted by molar-refractivity contribution is 7.01. The van der Waals surface area contributed by atoms with Gasteiger partial charge in [-0.1, -0.05) is 177 Å². The summed E-state index contributed by atoms with van der Waals surface area (Å²) in [5.74, 6) is 0. The van der Waals surface area contributed by atoms with Crippen molar-refractivity contribution in [3.63, 3.8) is 0 Å². The lowest BCUT2D eigenvalue weighted by Crippen LogP contribution is -2.54. The third-order valence-corrected chi connectivity index (χ3v) is 17.4. The van der Waals surface area contributed by atoms with Crippen LogP contribution in [0.25, 0.3) is 0 Å². The molecule has 0 N–H and O–H groups in total. The predicted octanol–water partition coefficient (Wildman–Crippen LogP) is 4.67. The van der Waals surface area contributed by atoms with E-state index in [0.29, 0.717) is 0 Å². The van der Waals surface area contributed by atoms with E-state index in [4.69, 9.17) is 0 Å². The Labute approximate surface area is 222 Å². The third kappa shape index (κ3) is 5.49. The molecule has 4 aromatic rings. The summed E-state index contributed by atoms with van der Waals surface area (Å²) in [7, 11) is -4.36. The van der Waals surface area contributed by atoms with E-state index in [0.717, 1.165) is 0 Å². The summed E-state index contributed by atoms with van der Waals surface area (Å²) >= 11 is 0.